The van der Waals surface area contributed by atoms with Gasteiger partial charge in [-0.15, -0.1) is 0 Å². The number of rotatable bonds is 2. The molecular weight excluding hydrogens is 240 g/mol. The van der Waals surface area contributed by atoms with Gasteiger partial charge in [0.05, 0.1) is 0 Å². The van der Waals surface area contributed by atoms with Crippen molar-refractivity contribution in [2.24, 2.45) is 0 Å². The van der Waals surface area contributed by atoms with Crippen molar-refractivity contribution in [3.63, 3.8) is 0 Å². The van der Waals surface area contributed by atoms with Crippen molar-refractivity contribution in [1.82, 2.24) is 0 Å². The van der Waals surface area contributed by atoms with E-state index in [1.165, 1.54) is 0 Å². The Labute approximate surface area is 110 Å². The van der Waals surface area contributed by atoms with Gasteiger partial charge in [0.2, 0.25) is 5.76 Å². The average molecular weight is 252 g/mol. The highest BCUT2D eigenvalue weighted by Crippen LogP contribution is 2.33. The van der Waals surface area contributed by atoms with Crippen molar-refractivity contribution < 1.29 is 14.3 Å². The molecule has 2 aromatic carbocycles. The molecular formula is C16H12O3. The summed E-state index contributed by atoms with van der Waals surface area (Å²) >= 11 is 0. The van der Waals surface area contributed by atoms with Gasteiger partial charge in [-0.05, 0) is 6.92 Å². The molecule has 1 heterocycles. The summed E-state index contributed by atoms with van der Waals surface area (Å²) in [5, 5.41) is 10.6. The Kier molecular flexibility index (Phi) is 2.60. The highest BCUT2D eigenvalue weighted by Gasteiger charge is 2.18. The smallest absolute Gasteiger partial charge is 0.372 e. The second-order valence-corrected chi connectivity index (χ2v) is 4.48. The Balaban J connectivity index is 2.29. The largest absolute Gasteiger partial charge is 0.475 e. The van der Waals surface area contributed by atoms with Gasteiger partial charge in [0.1, 0.15) is 5.76 Å². The molecule has 0 radical (unpaired) electrons. The summed E-state index contributed by atoms with van der Waals surface area (Å²) in [7, 11) is 0. The van der Waals surface area contributed by atoms with E-state index in [0.717, 1.165) is 16.5 Å². The fraction of sp³-hybridized carbons (Fsp3) is 0.0625. The summed E-state index contributed by atoms with van der Waals surface area (Å²) in [5.41, 5.74) is 2.03. The number of benzene rings is 2. The number of fused-ring (bicyclic) bond motifs is 1. The number of aryl methyl sites for hydroxylation is 1. The molecule has 0 amide bonds. The lowest BCUT2D eigenvalue weighted by atomic mass is 10.1. The van der Waals surface area contributed by atoms with Crippen LogP contribution in [0.1, 0.15) is 16.1 Å². The number of carboxylic acid groups (broad SMARTS) is 1. The van der Waals surface area contributed by atoms with Crippen molar-refractivity contribution in [1.29, 1.82) is 0 Å². The molecule has 3 heteroatoms. The van der Waals surface area contributed by atoms with Crippen molar-refractivity contribution in [2.75, 3.05) is 0 Å². The Morgan fingerprint density at radius 1 is 1.00 bits per heavy atom. The van der Waals surface area contributed by atoms with E-state index in [9.17, 15) is 9.90 Å². The summed E-state index contributed by atoms with van der Waals surface area (Å²) in [6.07, 6.45) is 0. The van der Waals surface area contributed by atoms with Crippen LogP contribution in [0, 0.1) is 6.92 Å². The summed E-state index contributed by atoms with van der Waals surface area (Å²) in [6, 6.07) is 15.2. The molecule has 3 nitrogen and oxygen atoms in total. The Morgan fingerprint density at radius 3 is 2.26 bits per heavy atom. The minimum atomic E-state index is -1.05. The number of hydrogen-bond donors (Lipinski definition) is 1. The summed E-state index contributed by atoms with van der Waals surface area (Å²) < 4.78 is 5.55. The maximum absolute atomic E-state index is 11.2. The zero-order valence-electron chi connectivity index (χ0n) is 10.4. The van der Waals surface area contributed by atoms with Crippen LogP contribution in [0.3, 0.4) is 0 Å². The topological polar surface area (TPSA) is 50.4 Å². The predicted molar refractivity (Wildman–Crippen MR) is 73.3 cm³/mol. The minimum Gasteiger partial charge on any atom is -0.475 e. The zero-order valence-corrected chi connectivity index (χ0v) is 10.4. The van der Waals surface area contributed by atoms with Gasteiger partial charge in [-0.25, -0.2) is 4.79 Å². The summed E-state index contributed by atoms with van der Waals surface area (Å²) in [4.78, 5) is 11.2. The van der Waals surface area contributed by atoms with Crippen LogP contribution < -0.4 is 0 Å². The van der Waals surface area contributed by atoms with Crippen LogP contribution in [0.4, 0.5) is 0 Å². The fourth-order valence-corrected chi connectivity index (χ4v) is 2.17. The number of carbonyl (C=O) groups is 1. The van der Waals surface area contributed by atoms with Gasteiger partial charge in [0.15, 0.2) is 0 Å². The maximum Gasteiger partial charge on any atom is 0.372 e. The van der Waals surface area contributed by atoms with Gasteiger partial charge in [-0.3, -0.25) is 0 Å². The molecule has 0 bridgehead atoms. The molecule has 0 unspecified atom stereocenters. The normalized spacial score (nSPS) is 10.8. The van der Waals surface area contributed by atoms with Crippen LogP contribution in [0.5, 0.6) is 0 Å². The molecule has 0 spiro atoms. The van der Waals surface area contributed by atoms with Crippen LogP contribution >= 0.6 is 0 Å². The van der Waals surface area contributed by atoms with E-state index in [0.29, 0.717) is 11.1 Å². The van der Waals surface area contributed by atoms with E-state index in [4.69, 9.17) is 4.42 Å². The van der Waals surface area contributed by atoms with Crippen LogP contribution in [-0.4, -0.2) is 11.1 Å². The molecule has 94 valence electrons. The molecule has 0 atom stereocenters. The summed E-state index contributed by atoms with van der Waals surface area (Å²) in [6.45, 7) is 2.01. The second kappa shape index (κ2) is 4.28. The predicted octanol–water partition coefficient (Wildman–Crippen LogP) is 4.11. The number of furan rings is 1. The van der Waals surface area contributed by atoms with Crippen molar-refractivity contribution in [2.45, 2.75) is 6.92 Å². The first-order valence-corrected chi connectivity index (χ1v) is 5.98. The molecule has 19 heavy (non-hydrogen) atoms. The lowest BCUT2D eigenvalue weighted by Crippen LogP contribution is -1.93. The molecule has 1 N–H and O–H groups in total. The van der Waals surface area contributed by atoms with E-state index < -0.39 is 5.97 Å². The highest BCUT2D eigenvalue weighted by molar-refractivity contribution is 6.06. The first-order valence-electron chi connectivity index (χ1n) is 5.98. The zero-order chi connectivity index (χ0) is 13.4. The fourth-order valence-electron chi connectivity index (χ4n) is 2.17. The first kappa shape index (κ1) is 11.5. The van der Waals surface area contributed by atoms with Gasteiger partial charge in [0, 0.05) is 16.3 Å². The van der Waals surface area contributed by atoms with E-state index in [1.807, 2.05) is 49.4 Å². The quantitative estimate of drug-likeness (QED) is 0.746. The Hall–Kier alpha value is -2.55. The lowest BCUT2D eigenvalue weighted by Gasteiger charge is -1.98. The Morgan fingerprint density at radius 2 is 1.63 bits per heavy atom. The van der Waals surface area contributed by atoms with E-state index >= 15 is 0 Å². The second-order valence-electron chi connectivity index (χ2n) is 4.48. The van der Waals surface area contributed by atoms with Crippen LogP contribution in [-0.2, 0) is 0 Å². The molecule has 0 fully saturated rings. The molecule has 0 aliphatic heterocycles. The molecule has 1 aromatic heterocycles. The van der Waals surface area contributed by atoms with Gasteiger partial charge in [-0.2, -0.15) is 0 Å². The first-order chi connectivity index (χ1) is 9.16. The third-order valence-corrected chi connectivity index (χ3v) is 3.13. The van der Waals surface area contributed by atoms with Crippen LogP contribution in [0.2, 0.25) is 0 Å². The van der Waals surface area contributed by atoms with Gasteiger partial charge >= 0.3 is 5.97 Å². The molecule has 0 saturated heterocycles. The van der Waals surface area contributed by atoms with E-state index in [1.54, 1.807) is 6.07 Å². The van der Waals surface area contributed by atoms with E-state index in [2.05, 4.69) is 0 Å². The van der Waals surface area contributed by atoms with Gasteiger partial charge in [0.25, 0.3) is 0 Å². The van der Waals surface area contributed by atoms with Crippen LogP contribution in [0.25, 0.3) is 22.1 Å². The maximum atomic E-state index is 11.2. The summed E-state index contributed by atoms with van der Waals surface area (Å²) in [5.74, 6) is -0.450. The van der Waals surface area contributed by atoms with Crippen molar-refractivity contribution in [3.8, 4) is 11.3 Å². The SMILES string of the molecule is Cc1ccc(-c2oc(C(=O)O)c3ccccc23)cc1. The number of carboxylic acids is 1. The molecule has 0 aliphatic rings. The standard InChI is InChI=1S/C16H12O3/c1-10-6-8-11(9-7-10)14-12-4-2-3-5-13(12)15(19-14)16(17)18/h2-9H,1H3,(H,17,18). The molecule has 0 saturated carbocycles. The third kappa shape index (κ3) is 1.89. The van der Waals surface area contributed by atoms with E-state index in [-0.39, 0.29) is 5.76 Å². The van der Waals surface area contributed by atoms with Gasteiger partial charge in [-0.1, -0.05) is 54.1 Å². The van der Waals surface area contributed by atoms with Crippen LogP contribution in [0.15, 0.2) is 52.9 Å². The molecule has 0 aliphatic carbocycles. The number of hydrogen-bond acceptors (Lipinski definition) is 2. The third-order valence-electron chi connectivity index (χ3n) is 3.13. The van der Waals surface area contributed by atoms with Gasteiger partial charge < -0.3 is 9.52 Å². The lowest BCUT2D eigenvalue weighted by molar-refractivity contribution is 0.0666. The Bertz CT molecular complexity index is 751. The molecule has 3 aromatic rings. The van der Waals surface area contributed by atoms with Crippen molar-refractivity contribution >= 4 is 16.7 Å². The number of aromatic carboxylic acids is 1. The molecule has 3 rings (SSSR count). The van der Waals surface area contributed by atoms with Crippen molar-refractivity contribution in [3.05, 3.63) is 59.9 Å². The monoisotopic (exact) mass is 252 g/mol. The highest BCUT2D eigenvalue weighted by atomic mass is 16.4. The minimum absolute atomic E-state index is 0.00817. The average Bonchev–Trinajstić information content (AvgIpc) is 2.79.